The molecule has 0 aromatic heterocycles. The van der Waals surface area contributed by atoms with Crippen LogP contribution in [0.3, 0.4) is 0 Å². The molecule has 7 heteroatoms. The summed E-state index contributed by atoms with van der Waals surface area (Å²) in [6, 6.07) is 14.6. The van der Waals surface area contributed by atoms with Crippen LogP contribution >= 0.6 is 0 Å². The smallest absolute Gasteiger partial charge is 0.251 e. The molecule has 2 aromatic carbocycles. The molecule has 1 aliphatic heterocycles. The molecular formula is C22H25FN2O4. The van der Waals surface area contributed by atoms with Gasteiger partial charge in [0.25, 0.3) is 5.91 Å². The van der Waals surface area contributed by atoms with Crippen LogP contribution in [0.5, 0.6) is 0 Å². The van der Waals surface area contributed by atoms with E-state index in [2.05, 4.69) is 10.6 Å². The summed E-state index contributed by atoms with van der Waals surface area (Å²) in [5, 5.41) is 15.3. The Bertz CT molecular complexity index is 831. The zero-order valence-corrected chi connectivity index (χ0v) is 16.0. The lowest BCUT2D eigenvalue weighted by Crippen LogP contribution is -2.51. The lowest BCUT2D eigenvalue weighted by molar-refractivity contribution is -0.131. The fourth-order valence-electron chi connectivity index (χ4n) is 3.40. The first kappa shape index (κ1) is 21.0. The molecule has 3 N–H and O–H groups in total. The Morgan fingerprint density at radius 2 is 1.90 bits per heavy atom. The molecule has 0 saturated carbocycles. The molecule has 0 aliphatic carbocycles. The van der Waals surface area contributed by atoms with Crippen molar-refractivity contribution >= 4 is 11.8 Å². The molecule has 0 unspecified atom stereocenters. The van der Waals surface area contributed by atoms with Gasteiger partial charge in [-0.05, 0) is 36.6 Å². The largest absolute Gasteiger partial charge is 0.394 e. The number of carbonyl (C=O) groups excluding carboxylic acids is 2. The summed E-state index contributed by atoms with van der Waals surface area (Å²) in [5.41, 5.74) is 1.22. The summed E-state index contributed by atoms with van der Waals surface area (Å²) in [4.78, 5) is 24.5. The molecule has 3 rings (SSSR count). The maximum atomic E-state index is 13.3. The molecule has 1 aliphatic rings. The molecular weight excluding hydrogens is 375 g/mol. The summed E-state index contributed by atoms with van der Waals surface area (Å²) in [7, 11) is 0. The van der Waals surface area contributed by atoms with Gasteiger partial charge in [0.05, 0.1) is 25.2 Å². The Hall–Kier alpha value is -2.77. The second-order valence-corrected chi connectivity index (χ2v) is 7.11. The second kappa shape index (κ2) is 10.1. The zero-order chi connectivity index (χ0) is 20.6. The van der Waals surface area contributed by atoms with Crippen LogP contribution in [-0.2, 0) is 16.1 Å². The van der Waals surface area contributed by atoms with Crippen LogP contribution in [-0.4, -0.2) is 41.8 Å². The highest BCUT2D eigenvalue weighted by molar-refractivity contribution is 5.94. The van der Waals surface area contributed by atoms with Crippen molar-refractivity contribution in [2.45, 2.75) is 44.1 Å². The summed E-state index contributed by atoms with van der Waals surface area (Å²) >= 11 is 0. The first-order valence-electron chi connectivity index (χ1n) is 9.68. The number of halogens is 1. The van der Waals surface area contributed by atoms with Gasteiger partial charge in [-0.15, -0.1) is 0 Å². The molecule has 1 heterocycles. The minimum atomic E-state index is -0.617. The highest BCUT2D eigenvalue weighted by atomic mass is 19.1. The highest BCUT2D eigenvalue weighted by Gasteiger charge is 2.33. The number of ether oxygens (including phenoxy) is 1. The normalized spacial score (nSPS) is 21.4. The van der Waals surface area contributed by atoms with Crippen LogP contribution in [0, 0.1) is 5.82 Å². The van der Waals surface area contributed by atoms with Crippen molar-refractivity contribution in [1.29, 1.82) is 0 Å². The summed E-state index contributed by atoms with van der Waals surface area (Å²) in [6.45, 7) is 0.165. The van der Waals surface area contributed by atoms with Crippen molar-refractivity contribution in [2.24, 2.45) is 0 Å². The maximum absolute atomic E-state index is 13.3. The van der Waals surface area contributed by atoms with E-state index >= 15 is 0 Å². The van der Waals surface area contributed by atoms with Crippen molar-refractivity contribution in [1.82, 2.24) is 10.6 Å². The minimum Gasteiger partial charge on any atom is -0.394 e. The first-order chi connectivity index (χ1) is 14.0. The number of aliphatic hydroxyl groups excluding tert-OH is 1. The number of benzene rings is 2. The predicted octanol–water partition coefficient (Wildman–Crippen LogP) is 2.17. The van der Waals surface area contributed by atoms with Gasteiger partial charge in [-0.2, -0.15) is 0 Å². The van der Waals surface area contributed by atoms with E-state index in [4.69, 9.17) is 4.74 Å². The van der Waals surface area contributed by atoms with Gasteiger partial charge in [0.1, 0.15) is 11.9 Å². The summed E-state index contributed by atoms with van der Waals surface area (Å²) in [5.74, 6) is -1.04. The quantitative estimate of drug-likeness (QED) is 0.665. The lowest BCUT2D eigenvalue weighted by atomic mass is 9.96. The molecule has 0 spiro atoms. The Morgan fingerprint density at radius 3 is 2.62 bits per heavy atom. The van der Waals surface area contributed by atoms with Crippen LogP contribution < -0.4 is 10.6 Å². The third kappa shape index (κ3) is 6.10. The predicted molar refractivity (Wildman–Crippen MR) is 106 cm³/mol. The molecule has 3 atom stereocenters. The van der Waals surface area contributed by atoms with Crippen LogP contribution in [0.25, 0.3) is 0 Å². The number of hydrogen-bond donors (Lipinski definition) is 3. The average molecular weight is 400 g/mol. The molecule has 2 amide bonds. The van der Waals surface area contributed by atoms with E-state index in [0.29, 0.717) is 19.4 Å². The van der Waals surface area contributed by atoms with E-state index in [0.717, 1.165) is 11.6 Å². The third-order valence-corrected chi connectivity index (χ3v) is 4.94. The third-order valence-electron chi connectivity index (χ3n) is 4.94. The van der Waals surface area contributed by atoms with E-state index in [-0.39, 0.29) is 30.6 Å². The van der Waals surface area contributed by atoms with Crippen LogP contribution in [0.15, 0.2) is 54.6 Å². The first-order valence-corrected chi connectivity index (χ1v) is 9.68. The molecule has 1 saturated heterocycles. The van der Waals surface area contributed by atoms with Gasteiger partial charge in [-0.3, -0.25) is 9.59 Å². The lowest BCUT2D eigenvalue weighted by Gasteiger charge is -2.36. The Morgan fingerprint density at radius 1 is 1.10 bits per heavy atom. The van der Waals surface area contributed by atoms with Crippen molar-refractivity contribution in [3.63, 3.8) is 0 Å². The van der Waals surface area contributed by atoms with E-state index in [9.17, 15) is 19.1 Å². The van der Waals surface area contributed by atoms with Crippen molar-refractivity contribution in [3.8, 4) is 0 Å². The zero-order valence-electron chi connectivity index (χ0n) is 16.0. The van der Waals surface area contributed by atoms with Crippen LogP contribution in [0.4, 0.5) is 4.39 Å². The average Bonchev–Trinajstić information content (AvgIpc) is 2.74. The monoisotopic (exact) mass is 400 g/mol. The molecule has 0 bridgehead atoms. The fourth-order valence-corrected chi connectivity index (χ4v) is 3.40. The number of nitrogens with one attached hydrogen (secondary N) is 2. The topological polar surface area (TPSA) is 87.7 Å². The van der Waals surface area contributed by atoms with Crippen LogP contribution in [0.2, 0.25) is 0 Å². The minimum absolute atomic E-state index is 0.127. The molecule has 0 radical (unpaired) electrons. The Kier molecular flexibility index (Phi) is 7.32. The Labute approximate surface area is 169 Å². The second-order valence-electron chi connectivity index (χ2n) is 7.11. The Balaban J connectivity index is 1.48. The number of carbonyl (C=O) groups is 2. The number of aliphatic hydroxyl groups is 1. The van der Waals surface area contributed by atoms with Gasteiger partial charge >= 0.3 is 0 Å². The van der Waals surface area contributed by atoms with Gasteiger partial charge in [-0.1, -0.05) is 36.4 Å². The molecule has 1 fully saturated rings. The van der Waals surface area contributed by atoms with Gasteiger partial charge in [0.2, 0.25) is 5.91 Å². The SMILES string of the molecule is O=C(C[C@H]1CC[C@H](NC(=O)c2cccc(F)c2)[C@@H](CO)O1)NCc1ccccc1. The highest BCUT2D eigenvalue weighted by Crippen LogP contribution is 2.22. The van der Waals surface area contributed by atoms with E-state index in [1.165, 1.54) is 18.2 Å². The van der Waals surface area contributed by atoms with Gasteiger partial charge in [0, 0.05) is 12.1 Å². The fraction of sp³-hybridized carbons (Fsp3) is 0.364. The molecule has 29 heavy (non-hydrogen) atoms. The van der Waals surface area contributed by atoms with Gasteiger partial charge in [-0.25, -0.2) is 4.39 Å². The van der Waals surface area contributed by atoms with E-state index in [1.54, 1.807) is 0 Å². The van der Waals surface area contributed by atoms with E-state index in [1.807, 2.05) is 30.3 Å². The summed E-state index contributed by atoms with van der Waals surface area (Å²) in [6.07, 6.45) is 0.374. The number of rotatable bonds is 7. The number of hydrogen-bond acceptors (Lipinski definition) is 4. The maximum Gasteiger partial charge on any atom is 0.251 e. The van der Waals surface area contributed by atoms with Gasteiger partial charge < -0.3 is 20.5 Å². The molecule has 154 valence electrons. The van der Waals surface area contributed by atoms with Crippen molar-refractivity contribution in [3.05, 3.63) is 71.5 Å². The molecule has 2 aromatic rings. The van der Waals surface area contributed by atoms with Crippen molar-refractivity contribution < 1.29 is 23.8 Å². The number of amides is 2. The van der Waals surface area contributed by atoms with Crippen molar-refractivity contribution in [2.75, 3.05) is 6.61 Å². The van der Waals surface area contributed by atoms with Crippen LogP contribution in [0.1, 0.15) is 35.2 Å². The van der Waals surface area contributed by atoms with Gasteiger partial charge in [0.15, 0.2) is 0 Å². The van der Waals surface area contributed by atoms with E-state index < -0.39 is 23.9 Å². The summed E-state index contributed by atoms with van der Waals surface area (Å²) < 4.78 is 19.1. The molecule has 6 nitrogen and oxygen atoms in total. The standard InChI is InChI=1S/C22H25FN2O4/c23-17-8-4-7-16(11-17)22(28)25-19-10-9-18(29-20(19)14-26)12-21(27)24-13-15-5-2-1-3-6-15/h1-8,11,18-20,26H,9-10,12-14H2,(H,24,27)(H,25,28)/t18-,19+,20-/m1/s1.